The summed E-state index contributed by atoms with van der Waals surface area (Å²) < 4.78 is 43.7. The van der Waals surface area contributed by atoms with E-state index in [1.807, 2.05) is 12.2 Å². The summed E-state index contributed by atoms with van der Waals surface area (Å²) in [4.78, 5) is 16.0. The summed E-state index contributed by atoms with van der Waals surface area (Å²) >= 11 is 0. The van der Waals surface area contributed by atoms with Crippen LogP contribution >= 0.6 is 0 Å². The minimum absolute atomic E-state index is 0.264. The Morgan fingerprint density at radius 1 is 1.38 bits per heavy atom. The zero-order valence-electron chi connectivity index (χ0n) is 12.8. The molecule has 130 valence electrons. The van der Waals surface area contributed by atoms with Gasteiger partial charge in [-0.25, -0.2) is 4.79 Å². The Morgan fingerprint density at radius 2 is 2.17 bits per heavy atom. The van der Waals surface area contributed by atoms with Crippen LogP contribution in [-0.2, 0) is 6.18 Å². The molecule has 1 aliphatic carbocycles. The van der Waals surface area contributed by atoms with Gasteiger partial charge in [0.1, 0.15) is 0 Å². The lowest BCUT2D eigenvalue weighted by Crippen LogP contribution is -2.38. The molecular formula is C16H17F3N2O3. The van der Waals surface area contributed by atoms with Crippen LogP contribution in [0.4, 0.5) is 19.2 Å². The Labute approximate surface area is 136 Å². The van der Waals surface area contributed by atoms with Crippen LogP contribution in [-0.4, -0.2) is 29.1 Å². The number of alkyl halides is 3. The van der Waals surface area contributed by atoms with E-state index in [0.29, 0.717) is 19.0 Å². The molecular weight excluding hydrogens is 325 g/mol. The predicted octanol–water partition coefficient (Wildman–Crippen LogP) is 3.74. The van der Waals surface area contributed by atoms with Crippen LogP contribution in [0.15, 0.2) is 28.7 Å². The molecule has 1 aromatic rings. The van der Waals surface area contributed by atoms with Gasteiger partial charge in [0.2, 0.25) is 5.76 Å². The molecule has 0 amide bonds. The first-order chi connectivity index (χ1) is 11.4. The topological polar surface area (TPSA) is 66.6 Å². The van der Waals surface area contributed by atoms with Crippen LogP contribution in [0.1, 0.15) is 35.5 Å². The number of carbonyl (C=O) groups is 1. The Kier molecular flexibility index (Phi) is 4.38. The second kappa shape index (κ2) is 6.33. The number of rotatable bonds is 3. The van der Waals surface area contributed by atoms with Crippen molar-refractivity contribution in [2.45, 2.75) is 25.4 Å². The lowest BCUT2D eigenvalue weighted by atomic mass is 9.82. The summed E-state index contributed by atoms with van der Waals surface area (Å²) in [5.41, 5.74) is -1.48. The summed E-state index contributed by atoms with van der Waals surface area (Å²) in [6.45, 7) is 0.999. The number of anilines is 1. The number of hydrogen-bond acceptors (Lipinski definition) is 4. The number of carboxylic acid groups (broad SMARTS) is 1. The van der Waals surface area contributed by atoms with E-state index in [1.54, 1.807) is 4.90 Å². The smallest absolute Gasteiger partial charge is 0.437 e. The third-order valence-electron chi connectivity index (χ3n) is 4.43. The van der Waals surface area contributed by atoms with Crippen LogP contribution in [0.25, 0.3) is 0 Å². The standard InChI is InChI=1S/C16H17F3N2O3/c17-16(18,19)13-12(14(22)23)24-15(20-13)21-8-4-7-11(9-21)10-5-2-1-3-6-10/h1-3,5,10-11H,4,6-9H2,(H,22,23)/t10?,11-/m0/s1. The molecule has 2 aliphatic rings. The van der Waals surface area contributed by atoms with Gasteiger partial charge in [-0.1, -0.05) is 24.3 Å². The van der Waals surface area contributed by atoms with Crippen molar-refractivity contribution in [1.29, 1.82) is 0 Å². The van der Waals surface area contributed by atoms with Gasteiger partial charge in [0.25, 0.3) is 6.01 Å². The fourth-order valence-electron chi connectivity index (χ4n) is 3.26. The molecule has 0 saturated carbocycles. The van der Waals surface area contributed by atoms with E-state index in [2.05, 4.69) is 17.1 Å². The summed E-state index contributed by atoms with van der Waals surface area (Å²) in [5.74, 6) is -2.32. The van der Waals surface area contributed by atoms with E-state index in [4.69, 9.17) is 9.52 Å². The summed E-state index contributed by atoms with van der Waals surface area (Å²) in [5, 5.41) is 8.93. The number of hydrogen-bond donors (Lipinski definition) is 1. The third kappa shape index (κ3) is 3.32. The van der Waals surface area contributed by atoms with Gasteiger partial charge in [-0.15, -0.1) is 0 Å². The summed E-state index contributed by atoms with van der Waals surface area (Å²) in [6, 6.07) is -0.264. The first-order valence-electron chi connectivity index (χ1n) is 7.76. The first kappa shape index (κ1) is 16.6. The zero-order valence-corrected chi connectivity index (χ0v) is 12.8. The molecule has 5 nitrogen and oxygen atoms in total. The number of oxazole rings is 1. The molecule has 1 saturated heterocycles. The number of piperidine rings is 1. The lowest BCUT2D eigenvalue weighted by Gasteiger charge is -2.35. The first-order valence-corrected chi connectivity index (χ1v) is 7.76. The van der Waals surface area contributed by atoms with Crippen LogP contribution < -0.4 is 4.90 Å². The monoisotopic (exact) mass is 342 g/mol. The number of aromatic nitrogens is 1. The maximum Gasteiger partial charge on any atom is 0.437 e. The highest BCUT2D eigenvalue weighted by Gasteiger charge is 2.42. The number of halogens is 3. The fourth-order valence-corrected chi connectivity index (χ4v) is 3.26. The highest BCUT2D eigenvalue weighted by atomic mass is 19.4. The van der Waals surface area contributed by atoms with E-state index in [0.717, 1.165) is 19.3 Å². The van der Waals surface area contributed by atoms with E-state index in [-0.39, 0.29) is 11.9 Å². The van der Waals surface area contributed by atoms with Gasteiger partial charge in [-0.05, 0) is 31.1 Å². The minimum Gasteiger partial charge on any atom is -0.475 e. The Balaban J connectivity index is 1.82. The molecule has 1 aromatic heterocycles. The molecule has 2 heterocycles. The molecule has 8 heteroatoms. The molecule has 1 N–H and O–H groups in total. The van der Waals surface area contributed by atoms with Gasteiger partial charge in [0.05, 0.1) is 0 Å². The average Bonchev–Trinajstić information content (AvgIpc) is 3.02. The van der Waals surface area contributed by atoms with Gasteiger partial charge < -0.3 is 14.4 Å². The molecule has 24 heavy (non-hydrogen) atoms. The van der Waals surface area contributed by atoms with Crippen LogP contribution in [0.5, 0.6) is 0 Å². The molecule has 0 spiro atoms. The van der Waals surface area contributed by atoms with Crippen LogP contribution in [0.2, 0.25) is 0 Å². The normalized spacial score (nSPS) is 24.4. The van der Waals surface area contributed by atoms with Crippen molar-refractivity contribution in [2.75, 3.05) is 18.0 Å². The largest absolute Gasteiger partial charge is 0.475 e. The molecule has 0 radical (unpaired) electrons. The van der Waals surface area contributed by atoms with E-state index in [1.165, 1.54) is 0 Å². The van der Waals surface area contributed by atoms with Crippen molar-refractivity contribution in [3.05, 3.63) is 35.8 Å². The molecule has 1 unspecified atom stereocenters. The molecule has 1 aliphatic heterocycles. The second-order valence-corrected chi connectivity index (χ2v) is 6.04. The maximum atomic E-state index is 12.9. The van der Waals surface area contributed by atoms with Gasteiger partial charge >= 0.3 is 12.1 Å². The summed E-state index contributed by atoms with van der Waals surface area (Å²) in [6.07, 6.45) is 5.92. The molecule has 2 atom stereocenters. The minimum atomic E-state index is -4.86. The van der Waals surface area contributed by atoms with Crippen molar-refractivity contribution >= 4 is 12.0 Å². The Morgan fingerprint density at radius 3 is 2.75 bits per heavy atom. The fraction of sp³-hybridized carbons (Fsp3) is 0.500. The quantitative estimate of drug-likeness (QED) is 0.906. The van der Waals surface area contributed by atoms with Gasteiger partial charge in [-0.2, -0.15) is 18.2 Å². The van der Waals surface area contributed by atoms with Crippen molar-refractivity contribution in [2.24, 2.45) is 11.8 Å². The van der Waals surface area contributed by atoms with Crippen LogP contribution in [0, 0.1) is 11.8 Å². The van der Waals surface area contributed by atoms with Crippen molar-refractivity contribution < 1.29 is 27.5 Å². The number of aromatic carboxylic acids is 1. The van der Waals surface area contributed by atoms with Crippen LogP contribution in [0.3, 0.4) is 0 Å². The molecule has 1 fully saturated rings. The van der Waals surface area contributed by atoms with E-state index < -0.39 is 23.6 Å². The number of carboxylic acids is 1. The predicted molar refractivity (Wildman–Crippen MR) is 79.8 cm³/mol. The van der Waals surface area contributed by atoms with Gasteiger partial charge in [0.15, 0.2) is 5.69 Å². The van der Waals surface area contributed by atoms with Crippen molar-refractivity contribution in [1.82, 2.24) is 4.98 Å². The Bertz CT molecular complexity index is 679. The highest BCUT2D eigenvalue weighted by molar-refractivity contribution is 5.86. The average molecular weight is 342 g/mol. The second-order valence-electron chi connectivity index (χ2n) is 6.04. The third-order valence-corrected chi connectivity index (χ3v) is 4.43. The SMILES string of the molecule is O=C(O)c1oc(N2CCC[C@H](C3C=CC=CC3)C2)nc1C(F)(F)F. The zero-order chi connectivity index (χ0) is 17.3. The van der Waals surface area contributed by atoms with E-state index >= 15 is 0 Å². The maximum absolute atomic E-state index is 12.9. The molecule has 0 aromatic carbocycles. The van der Waals surface area contributed by atoms with Gasteiger partial charge in [-0.3, -0.25) is 0 Å². The number of nitrogens with zero attached hydrogens (tertiary/aromatic N) is 2. The summed E-state index contributed by atoms with van der Waals surface area (Å²) in [7, 11) is 0. The van der Waals surface area contributed by atoms with Crippen molar-refractivity contribution in [3.8, 4) is 0 Å². The Hall–Kier alpha value is -2.25. The number of allylic oxidation sites excluding steroid dienone is 4. The molecule has 0 bridgehead atoms. The molecule has 3 rings (SSSR count). The highest BCUT2D eigenvalue weighted by Crippen LogP contribution is 2.36. The van der Waals surface area contributed by atoms with Gasteiger partial charge in [0, 0.05) is 13.1 Å². The lowest BCUT2D eigenvalue weighted by molar-refractivity contribution is -0.141. The van der Waals surface area contributed by atoms with E-state index in [9.17, 15) is 18.0 Å². The van der Waals surface area contributed by atoms with Crippen molar-refractivity contribution in [3.63, 3.8) is 0 Å².